The Morgan fingerprint density at radius 3 is 2.50 bits per heavy atom. The zero-order chi connectivity index (χ0) is 16.8. The second kappa shape index (κ2) is 13.8. The molecule has 0 fully saturated rings. The molecule has 0 radical (unpaired) electrons. The van der Waals surface area contributed by atoms with Gasteiger partial charge in [-0.15, -0.1) is 0 Å². The predicted octanol–water partition coefficient (Wildman–Crippen LogP) is 6.29. The van der Waals surface area contributed by atoms with E-state index < -0.39 is 0 Å². The molecule has 0 saturated heterocycles. The van der Waals surface area contributed by atoms with Crippen LogP contribution in [0.25, 0.3) is 0 Å². The maximum atomic E-state index is 4.42. The van der Waals surface area contributed by atoms with Gasteiger partial charge in [0.1, 0.15) is 0 Å². The number of allylic oxidation sites excluding steroid dienone is 5. The summed E-state index contributed by atoms with van der Waals surface area (Å²) in [5.74, 6) is 1.32. The van der Waals surface area contributed by atoms with Gasteiger partial charge in [-0.25, -0.2) is 0 Å². The first-order chi connectivity index (χ1) is 10.6. The average Bonchev–Trinajstić information content (AvgIpc) is 2.52. The average molecular weight is 306 g/mol. The quantitative estimate of drug-likeness (QED) is 0.239. The van der Waals surface area contributed by atoms with Gasteiger partial charge in [0.2, 0.25) is 0 Å². The smallest absolute Gasteiger partial charge is 0.000711 e. The maximum absolute atomic E-state index is 4.42. The fourth-order valence-corrected chi connectivity index (χ4v) is 2.74. The van der Waals surface area contributed by atoms with Gasteiger partial charge in [0, 0.05) is 5.92 Å². The summed E-state index contributed by atoms with van der Waals surface area (Å²) in [5, 5.41) is 3.40. The van der Waals surface area contributed by atoms with Crippen molar-refractivity contribution in [2.45, 2.75) is 73.1 Å². The molecular formula is C21H39N. The number of nitrogens with one attached hydrogen (secondary N) is 1. The Morgan fingerprint density at radius 2 is 1.91 bits per heavy atom. The van der Waals surface area contributed by atoms with Crippen molar-refractivity contribution in [1.82, 2.24) is 5.32 Å². The van der Waals surface area contributed by atoms with Gasteiger partial charge in [0.25, 0.3) is 0 Å². The van der Waals surface area contributed by atoms with Crippen LogP contribution in [0.4, 0.5) is 0 Å². The van der Waals surface area contributed by atoms with Gasteiger partial charge < -0.3 is 5.32 Å². The second-order valence-electron chi connectivity index (χ2n) is 6.56. The van der Waals surface area contributed by atoms with Crippen LogP contribution in [0.2, 0.25) is 0 Å². The summed E-state index contributed by atoms with van der Waals surface area (Å²) in [6.07, 6.45) is 14.1. The summed E-state index contributed by atoms with van der Waals surface area (Å²) in [6, 6.07) is 0. The largest absolute Gasteiger partial charge is 0.317 e. The fourth-order valence-electron chi connectivity index (χ4n) is 2.74. The van der Waals surface area contributed by atoms with E-state index in [1.165, 1.54) is 49.7 Å². The summed E-state index contributed by atoms with van der Waals surface area (Å²) >= 11 is 0. The molecule has 0 aromatic carbocycles. The summed E-state index contributed by atoms with van der Waals surface area (Å²) in [7, 11) is 0. The molecule has 22 heavy (non-hydrogen) atoms. The van der Waals surface area contributed by atoms with E-state index >= 15 is 0 Å². The van der Waals surface area contributed by atoms with Crippen LogP contribution in [-0.4, -0.2) is 13.1 Å². The third kappa shape index (κ3) is 10.00. The van der Waals surface area contributed by atoms with Crippen molar-refractivity contribution < 1.29 is 0 Å². The van der Waals surface area contributed by atoms with Gasteiger partial charge in [0.05, 0.1) is 0 Å². The molecule has 0 aliphatic rings. The summed E-state index contributed by atoms with van der Waals surface area (Å²) in [6.45, 7) is 17.8. The van der Waals surface area contributed by atoms with Crippen LogP contribution >= 0.6 is 0 Å². The third-order valence-corrected chi connectivity index (χ3v) is 4.53. The Hall–Kier alpha value is -0.820. The highest BCUT2D eigenvalue weighted by atomic mass is 14.8. The lowest BCUT2D eigenvalue weighted by Crippen LogP contribution is -2.14. The van der Waals surface area contributed by atoms with Crippen LogP contribution in [0, 0.1) is 11.8 Å². The van der Waals surface area contributed by atoms with Gasteiger partial charge in [-0.05, 0) is 58.5 Å². The second-order valence-corrected chi connectivity index (χ2v) is 6.56. The molecule has 2 atom stereocenters. The Labute approximate surface area is 140 Å². The molecule has 0 spiro atoms. The van der Waals surface area contributed by atoms with Crippen LogP contribution in [0.15, 0.2) is 36.0 Å². The molecule has 0 saturated carbocycles. The first kappa shape index (κ1) is 21.2. The third-order valence-electron chi connectivity index (χ3n) is 4.53. The fraction of sp³-hybridized carbons (Fsp3) is 0.714. The monoisotopic (exact) mass is 305 g/mol. The minimum atomic E-state index is 0.555. The van der Waals surface area contributed by atoms with E-state index in [2.05, 4.69) is 64.7 Å². The van der Waals surface area contributed by atoms with E-state index in [-0.39, 0.29) is 0 Å². The van der Waals surface area contributed by atoms with Crippen molar-refractivity contribution in [3.05, 3.63) is 36.0 Å². The zero-order valence-electron chi connectivity index (χ0n) is 15.8. The van der Waals surface area contributed by atoms with E-state index in [9.17, 15) is 0 Å². The Bertz CT molecular complexity index is 338. The molecule has 1 nitrogen and oxygen atoms in total. The molecule has 0 aromatic rings. The number of rotatable bonds is 13. The molecule has 0 aliphatic heterocycles. The minimum Gasteiger partial charge on any atom is -0.317 e. The Morgan fingerprint density at radius 1 is 1.18 bits per heavy atom. The summed E-state index contributed by atoms with van der Waals surface area (Å²) in [4.78, 5) is 0. The molecule has 0 amide bonds. The van der Waals surface area contributed by atoms with Gasteiger partial charge in [-0.3, -0.25) is 0 Å². The van der Waals surface area contributed by atoms with Gasteiger partial charge in [-0.1, -0.05) is 69.6 Å². The number of unbranched alkanes of at least 4 members (excludes halogenated alkanes) is 2. The van der Waals surface area contributed by atoms with Crippen LogP contribution in [0.1, 0.15) is 73.1 Å². The highest BCUT2D eigenvalue weighted by Gasteiger charge is 2.17. The molecule has 1 heteroatoms. The minimum absolute atomic E-state index is 0.555. The SMILES string of the molecule is C=C(CCCCCNCC)C(CC(C)CC)C(C)=CC=CC. The van der Waals surface area contributed by atoms with E-state index in [1.54, 1.807) is 0 Å². The first-order valence-electron chi connectivity index (χ1n) is 9.24. The van der Waals surface area contributed by atoms with Crippen LogP contribution < -0.4 is 5.32 Å². The topological polar surface area (TPSA) is 12.0 Å². The van der Waals surface area contributed by atoms with Crippen molar-refractivity contribution in [2.75, 3.05) is 13.1 Å². The van der Waals surface area contributed by atoms with Gasteiger partial charge >= 0.3 is 0 Å². The van der Waals surface area contributed by atoms with Crippen molar-refractivity contribution in [2.24, 2.45) is 11.8 Å². The molecular weight excluding hydrogens is 266 g/mol. The lowest BCUT2D eigenvalue weighted by atomic mass is 9.82. The molecule has 0 bridgehead atoms. The molecule has 0 rings (SSSR count). The number of hydrogen-bond acceptors (Lipinski definition) is 1. The summed E-state index contributed by atoms with van der Waals surface area (Å²) < 4.78 is 0. The van der Waals surface area contributed by atoms with Gasteiger partial charge in [-0.2, -0.15) is 0 Å². The zero-order valence-corrected chi connectivity index (χ0v) is 15.8. The van der Waals surface area contributed by atoms with E-state index in [0.29, 0.717) is 5.92 Å². The molecule has 0 aliphatic carbocycles. The van der Waals surface area contributed by atoms with Crippen LogP contribution in [-0.2, 0) is 0 Å². The molecule has 0 heterocycles. The lowest BCUT2D eigenvalue weighted by molar-refractivity contribution is 0.445. The Balaban J connectivity index is 4.43. The Kier molecular flexibility index (Phi) is 13.3. The van der Waals surface area contributed by atoms with Crippen molar-refractivity contribution in [3.63, 3.8) is 0 Å². The molecule has 0 aromatic heterocycles. The molecule has 1 N–H and O–H groups in total. The van der Waals surface area contributed by atoms with Crippen LogP contribution in [0.5, 0.6) is 0 Å². The lowest BCUT2D eigenvalue weighted by Gasteiger charge is -2.24. The van der Waals surface area contributed by atoms with Crippen LogP contribution in [0.3, 0.4) is 0 Å². The van der Waals surface area contributed by atoms with E-state index in [4.69, 9.17) is 0 Å². The van der Waals surface area contributed by atoms with Crippen molar-refractivity contribution >= 4 is 0 Å². The van der Waals surface area contributed by atoms with Gasteiger partial charge in [0.15, 0.2) is 0 Å². The highest BCUT2D eigenvalue weighted by Crippen LogP contribution is 2.30. The molecule has 2 unspecified atom stereocenters. The van der Waals surface area contributed by atoms with E-state index in [1.807, 2.05) is 0 Å². The van der Waals surface area contributed by atoms with Crippen molar-refractivity contribution in [1.29, 1.82) is 0 Å². The normalized spacial score (nSPS) is 15.2. The predicted molar refractivity (Wildman–Crippen MR) is 102 cm³/mol. The standard InChI is InChI=1S/C21H39N/c1-7-10-14-19(5)21(17-18(4)8-2)20(6)15-12-11-13-16-22-9-3/h7,10,14,18,21-22H,6,8-9,11-13,15-17H2,1-5H3. The van der Waals surface area contributed by atoms with E-state index in [0.717, 1.165) is 19.0 Å². The molecule has 128 valence electrons. The number of hydrogen-bond donors (Lipinski definition) is 1. The van der Waals surface area contributed by atoms with Crippen molar-refractivity contribution in [3.8, 4) is 0 Å². The maximum Gasteiger partial charge on any atom is 0.000711 e. The first-order valence-corrected chi connectivity index (χ1v) is 9.24. The highest BCUT2D eigenvalue weighted by molar-refractivity contribution is 5.21. The summed E-state index contributed by atoms with van der Waals surface area (Å²) in [5.41, 5.74) is 2.90.